The maximum Gasteiger partial charge on any atom is 0.309 e. The molecule has 1 aromatic carbocycles. The van der Waals surface area contributed by atoms with E-state index in [0.29, 0.717) is 43.1 Å². The van der Waals surface area contributed by atoms with Crippen LogP contribution in [0.4, 0.5) is 0 Å². The third kappa shape index (κ3) is 3.29. The molecule has 0 unspecified atom stereocenters. The van der Waals surface area contributed by atoms with Crippen molar-refractivity contribution in [2.45, 2.75) is 45.1 Å². The quantitative estimate of drug-likeness (QED) is 0.299. The molecule has 3 saturated carbocycles. The van der Waals surface area contributed by atoms with Gasteiger partial charge in [-0.1, -0.05) is 42.0 Å². The second-order valence-electron chi connectivity index (χ2n) is 10.6. The van der Waals surface area contributed by atoms with Crippen LogP contribution in [0.25, 0.3) is 0 Å². The van der Waals surface area contributed by atoms with Crippen LogP contribution in [0.1, 0.15) is 48.0 Å². The first-order valence-corrected chi connectivity index (χ1v) is 12.3. The summed E-state index contributed by atoms with van der Waals surface area (Å²) in [5, 5.41) is 0. The highest BCUT2D eigenvalue weighted by Gasteiger charge is 2.67. The zero-order valence-corrected chi connectivity index (χ0v) is 18.8. The Hall–Kier alpha value is -2.76. The Morgan fingerprint density at radius 2 is 1.48 bits per heavy atom. The average molecular weight is 448 g/mol. The Balaban J connectivity index is 1.04. The summed E-state index contributed by atoms with van der Waals surface area (Å²) in [4.78, 5) is 53.0. The maximum absolute atomic E-state index is 13.3. The number of likely N-dealkylation sites (tertiary alicyclic amines) is 1. The number of hydrogen-bond acceptors (Lipinski definition) is 5. The molecule has 33 heavy (non-hydrogen) atoms. The molecule has 2 amide bonds. The van der Waals surface area contributed by atoms with Crippen molar-refractivity contribution in [1.29, 1.82) is 0 Å². The van der Waals surface area contributed by atoms with E-state index in [-0.39, 0.29) is 65.8 Å². The number of nitrogens with zero attached hydrogens (tertiary/aromatic N) is 1. The molecule has 1 aliphatic heterocycles. The van der Waals surface area contributed by atoms with Gasteiger partial charge in [-0.3, -0.25) is 24.1 Å². The summed E-state index contributed by atoms with van der Waals surface area (Å²) in [7, 11) is 0. The van der Waals surface area contributed by atoms with Gasteiger partial charge in [-0.2, -0.15) is 0 Å². The highest BCUT2D eigenvalue weighted by atomic mass is 16.5. The fourth-order valence-corrected chi connectivity index (χ4v) is 6.99. The van der Waals surface area contributed by atoms with Gasteiger partial charge in [0.05, 0.1) is 17.8 Å². The Labute approximate surface area is 193 Å². The number of hydrogen-bond donors (Lipinski definition) is 0. The van der Waals surface area contributed by atoms with Crippen LogP contribution in [0, 0.1) is 48.3 Å². The Kier molecular flexibility index (Phi) is 4.82. The lowest BCUT2D eigenvalue weighted by Gasteiger charge is -2.37. The minimum atomic E-state index is -0.357. The van der Waals surface area contributed by atoms with Crippen molar-refractivity contribution in [3.63, 3.8) is 0 Å². The number of allylic oxidation sites excluding steroid dienone is 2. The summed E-state index contributed by atoms with van der Waals surface area (Å²) in [5.41, 5.74) is 1.60. The monoisotopic (exact) mass is 447 g/mol. The van der Waals surface area contributed by atoms with Crippen molar-refractivity contribution in [3.05, 3.63) is 47.5 Å². The lowest BCUT2D eigenvalue weighted by atomic mass is 9.63. The molecule has 6 aliphatic rings. The highest BCUT2D eigenvalue weighted by molar-refractivity contribution is 6.06. The number of carbonyl (C=O) groups excluding carboxylic acids is 4. The molecule has 2 bridgehead atoms. The van der Waals surface area contributed by atoms with Crippen molar-refractivity contribution in [2.24, 2.45) is 41.4 Å². The van der Waals surface area contributed by atoms with E-state index >= 15 is 0 Å². The highest BCUT2D eigenvalue weighted by Crippen LogP contribution is 2.65. The first-order valence-electron chi connectivity index (χ1n) is 12.3. The summed E-state index contributed by atoms with van der Waals surface area (Å²) in [5.74, 6) is 0.544. The summed E-state index contributed by atoms with van der Waals surface area (Å²) in [6.07, 6.45) is 7.95. The maximum atomic E-state index is 13.3. The van der Waals surface area contributed by atoms with Crippen molar-refractivity contribution >= 4 is 23.6 Å². The minimum Gasteiger partial charge on any atom is -0.457 e. The van der Waals surface area contributed by atoms with Gasteiger partial charge in [-0.25, -0.2) is 0 Å². The largest absolute Gasteiger partial charge is 0.457 e. The third-order valence-corrected chi connectivity index (χ3v) is 8.81. The van der Waals surface area contributed by atoms with Crippen molar-refractivity contribution in [1.82, 2.24) is 4.90 Å². The number of ether oxygens (including phenoxy) is 1. The van der Waals surface area contributed by atoms with E-state index in [1.165, 1.54) is 0 Å². The van der Waals surface area contributed by atoms with Crippen LogP contribution in [0.5, 0.6) is 0 Å². The van der Waals surface area contributed by atoms with E-state index in [1.807, 2.05) is 19.1 Å². The summed E-state index contributed by atoms with van der Waals surface area (Å²) < 4.78 is 5.32. The van der Waals surface area contributed by atoms with E-state index < -0.39 is 0 Å². The molecule has 0 radical (unpaired) electrons. The summed E-state index contributed by atoms with van der Waals surface area (Å²) in [6, 6.07) is 7.08. The number of rotatable bonds is 5. The van der Waals surface area contributed by atoms with E-state index in [1.54, 1.807) is 17.0 Å². The predicted octanol–water partition coefficient (Wildman–Crippen LogP) is 3.33. The minimum absolute atomic E-state index is 0.0180. The summed E-state index contributed by atoms with van der Waals surface area (Å²) >= 11 is 0. The lowest BCUT2D eigenvalue weighted by Crippen LogP contribution is -2.44. The molecular weight excluding hydrogens is 418 g/mol. The standard InChI is InChI=1S/C27H29NO5/c1-14-2-4-15(5-3-14)22(29)13-33-27(32)16-6-8-17(9-7-16)28-25(30)23-18-10-11-19(21-12-20(18)21)24(23)26(28)31/h2-5,10-11,16-21,23-24H,6-9,12-13H2,1H3/t16?,17?,18-,19-,20-,21+,23-,24+/m0/s1. The normalized spacial score (nSPS) is 38.2. The van der Waals surface area contributed by atoms with Crippen molar-refractivity contribution in [3.8, 4) is 0 Å². The number of benzene rings is 1. The number of imide groups is 1. The van der Waals surface area contributed by atoms with Gasteiger partial charge in [0.15, 0.2) is 12.4 Å². The first-order chi connectivity index (χ1) is 15.9. The second-order valence-corrected chi connectivity index (χ2v) is 10.6. The SMILES string of the molecule is Cc1ccc(C(=O)COC(=O)C2CCC(N3C(=O)[C@@H]4[C@H]5C=C[C@@H]([C@@H]6C[C@H]56)[C@@H]4C3=O)CC2)cc1. The number of esters is 1. The molecule has 0 N–H and O–H groups in total. The number of ketones is 1. The Morgan fingerprint density at radius 3 is 2.06 bits per heavy atom. The van der Waals surface area contributed by atoms with Crippen LogP contribution < -0.4 is 0 Å². The summed E-state index contributed by atoms with van der Waals surface area (Å²) in [6.45, 7) is 1.69. The topological polar surface area (TPSA) is 80.8 Å². The van der Waals surface area contributed by atoms with Gasteiger partial charge in [0.25, 0.3) is 0 Å². The zero-order valence-electron chi connectivity index (χ0n) is 18.8. The van der Waals surface area contributed by atoms with Crippen LogP contribution in [0.2, 0.25) is 0 Å². The number of amides is 2. The van der Waals surface area contributed by atoms with Crippen LogP contribution in [-0.2, 0) is 19.1 Å². The van der Waals surface area contributed by atoms with Crippen LogP contribution in [0.3, 0.4) is 0 Å². The molecule has 1 heterocycles. The molecule has 6 nitrogen and oxygen atoms in total. The van der Waals surface area contributed by atoms with Crippen molar-refractivity contribution in [2.75, 3.05) is 6.61 Å². The molecule has 0 aromatic heterocycles. The van der Waals surface area contributed by atoms with Gasteiger partial charge in [-0.05, 0) is 62.7 Å². The van der Waals surface area contributed by atoms with Crippen LogP contribution >= 0.6 is 0 Å². The number of carbonyl (C=O) groups is 4. The molecule has 5 aliphatic carbocycles. The zero-order chi connectivity index (χ0) is 22.9. The van der Waals surface area contributed by atoms with E-state index in [2.05, 4.69) is 12.2 Å². The average Bonchev–Trinajstić information content (AvgIpc) is 3.61. The van der Waals surface area contributed by atoms with E-state index in [9.17, 15) is 19.2 Å². The molecule has 4 fully saturated rings. The fraction of sp³-hybridized carbons (Fsp3) is 0.556. The second kappa shape index (κ2) is 7.64. The predicted molar refractivity (Wildman–Crippen MR) is 119 cm³/mol. The third-order valence-electron chi connectivity index (χ3n) is 8.81. The van der Waals surface area contributed by atoms with Gasteiger partial charge >= 0.3 is 5.97 Å². The molecule has 0 spiro atoms. The Morgan fingerprint density at radius 1 is 0.909 bits per heavy atom. The van der Waals surface area contributed by atoms with Gasteiger partial charge < -0.3 is 4.74 Å². The van der Waals surface area contributed by atoms with Gasteiger partial charge in [0, 0.05) is 11.6 Å². The smallest absolute Gasteiger partial charge is 0.309 e. The van der Waals surface area contributed by atoms with Crippen LogP contribution in [0.15, 0.2) is 36.4 Å². The molecule has 172 valence electrons. The van der Waals surface area contributed by atoms with E-state index in [4.69, 9.17) is 4.74 Å². The molecule has 7 rings (SSSR count). The van der Waals surface area contributed by atoms with E-state index in [0.717, 1.165) is 12.0 Å². The molecule has 1 aromatic rings. The molecule has 6 heteroatoms. The molecule has 1 saturated heterocycles. The first kappa shape index (κ1) is 20.8. The lowest BCUT2D eigenvalue weighted by molar-refractivity contribution is -0.149. The Bertz CT molecular complexity index is 1010. The number of Topliss-reactive ketones (excluding diaryl/α,β-unsaturated/α-hetero) is 1. The molecular formula is C27H29NO5. The van der Waals surface area contributed by atoms with Gasteiger partial charge in [0.1, 0.15) is 0 Å². The van der Waals surface area contributed by atoms with Gasteiger partial charge in [0.2, 0.25) is 11.8 Å². The van der Waals surface area contributed by atoms with Gasteiger partial charge in [-0.15, -0.1) is 0 Å². The van der Waals surface area contributed by atoms with Crippen LogP contribution in [-0.4, -0.2) is 41.1 Å². The fourth-order valence-electron chi connectivity index (χ4n) is 6.99. The number of aryl methyl sites for hydroxylation is 1. The molecule has 6 atom stereocenters. The van der Waals surface area contributed by atoms with Crippen molar-refractivity contribution < 1.29 is 23.9 Å².